The van der Waals surface area contributed by atoms with Crippen molar-refractivity contribution in [3.8, 4) is 16.9 Å². The van der Waals surface area contributed by atoms with Crippen LogP contribution in [0.3, 0.4) is 0 Å². The number of aliphatic hydroxyl groups excluding tert-OH is 1. The lowest BCUT2D eigenvalue weighted by atomic mass is 10.1. The molecule has 180 valence electrons. The topological polar surface area (TPSA) is 93.4 Å². The molecule has 0 spiro atoms. The molecule has 1 amide bonds. The fourth-order valence-corrected chi connectivity index (χ4v) is 3.14. The van der Waals surface area contributed by atoms with Crippen molar-refractivity contribution in [3.63, 3.8) is 0 Å². The van der Waals surface area contributed by atoms with Crippen molar-refractivity contribution in [2.75, 3.05) is 20.3 Å². The molecule has 3 rings (SSSR count). The van der Waals surface area contributed by atoms with E-state index in [2.05, 4.69) is 10.4 Å². The van der Waals surface area contributed by atoms with Gasteiger partial charge in [-0.2, -0.15) is 23.0 Å². The Hall–Kier alpha value is -3.57. The molecule has 0 bridgehead atoms. The molecule has 1 atom stereocenters. The van der Waals surface area contributed by atoms with E-state index in [0.717, 1.165) is 47.1 Å². The molecule has 0 saturated carbocycles. The minimum atomic E-state index is -4.54. The van der Waals surface area contributed by atoms with Crippen LogP contribution in [0.5, 0.6) is 0 Å². The molecule has 0 radical (unpaired) electrons. The SMILES string of the molecule is COCC[C@H](CO)NC(=O)c1cc(-c2ccc(C(F)(F)F)cc2)nn(-c2cccc(F)c2)c1=O. The smallest absolute Gasteiger partial charge is 0.394 e. The second-order valence-electron chi connectivity index (χ2n) is 7.35. The minimum absolute atomic E-state index is 0.0141. The first kappa shape index (κ1) is 25.1. The van der Waals surface area contributed by atoms with Crippen molar-refractivity contribution in [2.24, 2.45) is 0 Å². The van der Waals surface area contributed by atoms with E-state index in [9.17, 15) is 32.3 Å². The highest BCUT2D eigenvalue weighted by Crippen LogP contribution is 2.30. The van der Waals surface area contributed by atoms with E-state index in [-0.39, 0.29) is 35.5 Å². The lowest BCUT2D eigenvalue weighted by Gasteiger charge is -2.17. The van der Waals surface area contributed by atoms with Crippen molar-refractivity contribution < 1.29 is 32.2 Å². The fraction of sp³-hybridized carbons (Fsp3) is 0.261. The van der Waals surface area contributed by atoms with Crippen molar-refractivity contribution in [1.29, 1.82) is 0 Å². The number of rotatable bonds is 8. The number of aromatic nitrogens is 2. The Labute approximate surface area is 191 Å². The number of amides is 1. The molecule has 7 nitrogen and oxygen atoms in total. The first-order chi connectivity index (χ1) is 16.1. The molecule has 1 aromatic heterocycles. The van der Waals surface area contributed by atoms with E-state index < -0.39 is 41.7 Å². The van der Waals surface area contributed by atoms with Crippen LogP contribution in [0.4, 0.5) is 17.6 Å². The number of halogens is 4. The number of carbonyl (C=O) groups excluding carboxylic acids is 1. The minimum Gasteiger partial charge on any atom is -0.394 e. The molecule has 3 aromatic rings. The number of nitrogens with one attached hydrogen (secondary N) is 1. The van der Waals surface area contributed by atoms with Gasteiger partial charge in [0, 0.05) is 19.3 Å². The first-order valence-electron chi connectivity index (χ1n) is 10.1. The van der Waals surface area contributed by atoms with E-state index in [0.29, 0.717) is 0 Å². The number of ether oxygens (including phenoxy) is 1. The van der Waals surface area contributed by atoms with Crippen molar-refractivity contribution in [3.05, 3.63) is 81.9 Å². The van der Waals surface area contributed by atoms with Crippen LogP contribution in [-0.4, -0.2) is 47.2 Å². The predicted molar refractivity (Wildman–Crippen MR) is 115 cm³/mol. The van der Waals surface area contributed by atoms with Crippen LogP contribution in [0.15, 0.2) is 59.4 Å². The van der Waals surface area contributed by atoms with E-state index >= 15 is 0 Å². The third-order valence-corrected chi connectivity index (χ3v) is 4.94. The lowest BCUT2D eigenvalue weighted by molar-refractivity contribution is -0.137. The molecule has 34 heavy (non-hydrogen) atoms. The molecule has 2 aromatic carbocycles. The molecule has 11 heteroatoms. The normalized spacial score (nSPS) is 12.4. The van der Waals surface area contributed by atoms with Crippen LogP contribution in [0.25, 0.3) is 16.9 Å². The summed E-state index contributed by atoms with van der Waals surface area (Å²) in [5.41, 5.74) is -1.90. The van der Waals surface area contributed by atoms with Crippen LogP contribution >= 0.6 is 0 Å². The zero-order valence-corrected chi connectivity index (χ0v) is 18.0. The number of aliphatic hydroxyl groups is 1. The number of benzene rings is 2. The van der Waals surface area contributed by atoms with Crippen LogP contribution < -0.4 is 10.9 Å². The summed E-state index contributed by atoms with van der Waals surface area (Å²) in [7, 11) is 1.45. The first-order valence-corrected chi connectivity index (χ1v) is 10.1. The molecular weight excluding hydrogens is 458 g/mol. The highest BCUT2D eigenvalue weighted by molar-refractivity contribution is 5.95. The maximum atomic E-state index is 13.8. The van der Waals surface area contributed by atoms with Gasteiger partial charge in [0.1, 0.15) is 11.4 Å². The molecule has 2 N–H and O–H groups in total. The molecule has 0 unspecified atom stereocenters. The van der Waals surface area contributed by atoms with Crippen LogP contribution in [-0.2, 0) is 10.9 Å². The Balaban J connectivity index is 2.10. The lowest BCUT2D eigenvalue weighted by Crippen LogP contribution is -2.41. The maximum absolute atomic E-state index is 13.8. The van der Waals surface area contributed by atoms with E-state index in [1.165, 1.54) is 19.2 Å². The Bertz CT molecular complexity index is 1210. The third kappa shape index (κ3) is 5.86. The number of alkyl halides is 3. The van der Waals surface area contributed by atoms with Gasteiger partial charge in [-0.3, -0.25) is 9.59 Å². The summed E-state index contributed by atoms with van der Waals surface area (Å²) in [4.78, 5) is 25.9. The van der Waals surface area contributed by atoms with Gasteiger partial charge < -0.3 is 15.2 Å². The highest BCUT2D eigenvalue weighted by Gasteiger charge is 2.30. The second-order valence-corrected chi connectivity index (χ2v) is 7.35. The quantitative estimate of drug-likeness (QED) is 0.484. The summed E-state index contributed by atoms with van der Waals surface area (Å²) in [6.45, 7) is -0.170. The number of hydrogen-bond donors (Lipinski definition) is 2. The summed E-state index contributed by atoms with van der Waals surface area (Å²) in [5, 5.41) is 16.2. The van der Waals surface area contributed by atoms with Gasteiger partial charge in [-0.15, -0.1) is 0 Å². The summed E-state index contributed by atoms with van der Waals surface area (Å²) < 4.78 is 58.3. The van der Waals surface area contributed by atoms with E-state index in [1.807, 2.05) is 0 Å². The van der Waals surface area contributed by atoms with Crippen molar-refractivity contribution in [1.82, 2.24) is 15.1 Å². The van der Waals surface area contributed by atoms with Gasteiger partial charge in [-0.1, -0.05) is 18.2 Å². The van der Waals surface area contributed by atoms with Gasteiger partial charge in [0.05, 0.1) is 29.6 Å². The summed E-state index contributed by atoms with van der Waals surface area (Å²) >= 11 is 0. The Morgan fingerprint density at radius 2 is 1.88 bits per heavy atom. The van der Waals surface area contributed by atoms with Gasteiger partial charge >= 0.3 is 6.18 Å². The largest absolute Gasteiger partial charge is 0.416 e. The molecule has 0 saturated heterocycles. The maximum Gasteiger partial charge on any atom is 0.416 e. The Kier molecular flexibility index (Phi) is 7.79. The molecule has 0 fully saturated rings. The van der Waals surface area contributed by atoms with Crippen LogP contribution in [0.2, 0.25) is 0 Å². The predicted octanol–water partition coefficient (Wildman–Crippen LogP) is 3.18. The van der Waals surface area contributed by atoms with Gasteiger partial charge in [0.2, 0.25) is 0 Å². The average Bonchev–Trinajstić information content (AvgIpc) is 2.81. The zero-order chi connectivity index (χ0) is 24.9. The number of nitrogens with zero attached hydrogens (tertiary/aromatic N) is 2. The monoisotopic (exact) mass is 479 g/mol. The van der Waals surface area contributed by atoms with Crippen LogP contribution in [0.1, 0.15) is 22.3 Å². The summed E-state index contributed by atoms with van der Waals surface area (Å²) in [6.07, 6.45) is -4.27. The van der Waals surface area contributed by atoms with Gasteiger partial charge in [-0.25, -0.2) is 4.39 Å². The molecule has 1 heterocycles. The average molecular weight is 479 g/mol. The second kappa shape index (κ2) is 10.6. The van der Waals surface area contributed by atoms with Crippen LogP contribution in [0, 0.1) is 5.82 Å². The standard InChI is InChI=1S/C23H21F4N3O4/c1-34-10-9-17(13-31)28-21(32)19-12-20(14-5-7-15(8-6-14)23(25,26)27)29-30(22(19)33)18-4-2-3-16(24)11-18/h2-8,11-12,17,31H,9-10,13H2,1H3,(H,28,32)/t17-/m1/s1. The summed E-state index contributed by atoms with van der Waals surface area (Å²) in [6, 6.07) is 9.36. The Morgan fingerprint density at radius 3 is 2.47 bits per heavy atom. The molecule has 0 aliphatic rings. The molecular formula is C23H21F4N3O4. The third-order valence-electron chi connectivity index (χ3n) is 4.94. The van der Waals surface area contributed by atoms with E-state index in [4.69, 9.17) is 4.74 Å². The number of methoxy groups -OCH3 is 1. The van der Waals surface area contributed by atoms with Crippen molar-refractivity contribution >= 4 is 5.91 Å². The van der Waals surface area contributed by atoms with Gasteiger partial charge in [0.25, 0.3) is 11.5 Å². The highest BCUT2D eigenvalue weighted by atomic mass is 19.4. The number of hydrogen-bond acceptors (Lipinski definition) is 5. The zero-order valence-electron chi connectivity index (χ0n) is 18.0. The van der Waals surface area contributed by atoms with Gasteiger partial charge in [-0.05, 0) is 42.8 Å². The summed E-state index contributed by atoms with van der Waals surface area (Å²) in [5.74, 6) is -1.49. The number of carbonyl (C=O) groups is 1. The molecule has 0 aliphatic carbocycles. The van der Waals surface area contributed by atoms with Gasteiger partial charge in [0.15, 0.2) is 0 Å². The van der Waals surface area contributed by atoms with E-state index in [1.54, 1.807) is 0 Å². The molecule has 0 aliphatic heterocycles. The fourth-order valence-electron chi connectivity index (χ4n) is 3.14. The van der Waals surface area contributed by atoms with Crippen molar-refractivity contribution in [2.45, 2.75) is 18.6 Å². The Morgan fingerprint density at radius 1 is 1.18 bits per heavy atom.